The molecule has 0 radical (unpaired) electrons. The van der Waals surface area contributed by atoms with Crippen LogP contribution >= 0.6 is 0 Å². The zero-order valence-corrected chi connectivity index (χ0v) is 10.7. The summed E-state index contributed by atoms with van der Waals surface area (Å²) in [5.41, 5.74) is 1.81. The molecule has 0 bridgehead atoms. The Hall–Kier alpha value is -1.35. The van der Waals surface area contributed by atoms with E-state index in [1.165, 1.54) is 0 Å². The van der Waals surface area contributed by atoms with Crippen LogP contribution in [0.1, 0.15) is 37.9 Å². The number of rotatable bonds is 1. The van der Waals surface area contributed by atoms with Gasteiger partial charge in [-0.3, -0.25) is 4.79 Å². The van der Waals surface area contributed by atoms with E-state index in [1.54, 1.807) is 0 Å². The molecule has 1 N–H and O–H groups in total. The predicted molar refractivity (Wildman–Crippen MR) is 70.3 cm³/mol. The molecule has 1 aromatic rings. The minimum Gasteiger partial charge on any atom is -0.388 e. The van der Waals surface area contributed by atoms with E-state index < -0.39 is 6.10 Å². The molecule has 0 spiro atoms. The number of carbonyl (C=O) groups excluding carboxylic acids is 1. The van der Waals surface area contributed by atoms with E-state index in [4.69, 9.17) is 0 Å². The SMILES string of the molecule is CC1CC1C(=O)N1CCCC(O)c2ccccc21. The fraction of sp³-hybridized carbons (Fsp3) is 0.533. The van der Waals surface area contributed by atoms with Crippen molar-refractivity contribution in [1.82, 2.24) is 0 Å². The van der Waals surface area contributed by atoms with Crippen molar-refractivity contribution in [3.8, 4) is 0 Å². The van der Waals surface area contributed by atoms with Gasteiger partial charge in [-0.1, -0.05) is 25.1 Å². The number of hydrogen-bond acceptors (Lipinski definition) is 2. The Morgan fingerprint density at radius 3 is 2.83 bits per heavy atom. The molecule has 0 saturated heterocycles. The molecule has 1 aliphatic heterocycles. The highest BCUT2D eigenvalue weighted by Crippen LogP contribution is 2.42. The van der Waals surface area contributed by atoms with E-state index in [0.717, 1.165) is 37.1 Å². The van der Waals surface area contributed by atoms with Crippen molar-refractivity contribution in [2.45, 2.75) is 32.3 Å². The molecule has 18 heavy (non-hydrogen) atoms. The number of aliphatic hydroxyl groups is 1. The third-order valence-corrected chi connectivity index (χ3v) is 4.14. The number of nitrogens with zero attached hydrogens (tertiary/aromatic N) is 1. The smallest absolute Gasteiger partial charge is 0.230 e. The zero-order valence-electron chi connectivity index (χ0n) is 10.7. The second kappa shape index (κ2) is 4.39. The molecule has 3 heteroatoms. The monoisotopic (exact) mass is 245 g/mol. The molecular formula is C15H19NO2. The Kier molecular flexibility index (Phi) is 2.86. The predicted octanol–water partition coefficient (Wildman–Crippen LogP) is 2.50. The summed E-state index contributed by atoms with van der Waals surface area (Å²) in [5, 5.41) is 10.1. The lowest BCUT2D eigenvalue weighted by atomic mass is 10.0. The van der Waals surface area contributed by atoms with E-state index >= 15 is 0 Å². The van der Waals surface area contributed by atoms with E-state index in [2.05, 4.69) is 6.92 Å². The van der Waals surface area contributed by atoms with Crippen molar-refractivity contribution >= 4 is 11.6 Å². The van der Waals surface area contributed by atoms with Gasteiger partial charge in [0.25, 0.3) is 0 Å². The topological polar surface area (TPSA) is 40.5 Å². The van der Waals surface area contributed by atoms with Gasteiger partial charge in [-0.25, -0.2) is 0 Å². The standard InChI is InChI=1S/C15H19NO2/c1-10-9-12(10)15(18)16-8-4-7-14(17)11-5-2-3-6-13(11)16/h2-3,5-6,10,12,14,17H,4,7-9H2,1H3. The van der Waals surface area contributed by atoms with Crippen LogP contribution in [-0.2, 0) is 4.79 Å². The summed E-state index contributed by atoms with van der Waals surface area (Å²) in [4.78, 5) is 14.3. The number of benzene rings is 1. The molecule has 3 atom stereocenters. The molecule has 1 heterocycles. The van der Waals surface area contributed by atoms with Gasteiger partial charge in [-0.15, -0.1) is 0 Å². The second-order valence-electron chi connectivity index (χ2n) is 5.53. The fourth-order valence-electron chi connectivity index (χ4n) is 2.83. The summed E-state index contributed by atoms with van der Waals surface area (Å²) < 4.78 is 0. The quantitative estimate of drug-likeness (QED) is 0.826. The van der Waals surface area contributed by atoms with Crippen LogP contribution in [-0.4, -0.2) is 17.6 Å². The first-order valence-corrected chi connectivity index (χ1v) is 6.77. The van der Waals surface area contributed by atoms with Crippen LogP contribution in [0.15, 0.2) is 24.3 Å². The molecule has 1 aromatic carbocycles. The van der Waals surface area contributed by atoms with Gasteiger partial charge in [-0.05, 0) is 31.2 Å². The van der Waals surface area contributed by atoms with Gasteiger partial charge in [0.05, 0.1) is 6.10 Å². The zero-order chi connectivity index (χ0) is 12.7. The van der Waals surface area contributed by atoms with E-state index in [-0.39, 0.29) is 11.8 Å². The number of carbonyl (C=O) groups is 1. The summed E-state index contributed by atoms with van der Waals surface area (Å²) in [5.74, 6) is 0.968. The molecule has 2 aliphatic rings. The summed E-state index contributed by atoms with van der Waals surface area (Å²) in [6.07, 6.45) is 2.18. The van der Waals surface area contributed by atoms with Gasteiger partial charge in [0.1, 0.15) is 0 Å². The lowest BCUT2D eigenvalue weighted by Crippen LogP contribution is -2.33. The van der Waals surface area contributed by atoms with E-state index in [9.17, 15) is 9.90 Å². The summed E-state index contributed by atoms with van der Waals surface area (Å²) in [6, 6.07) is 7.75. The highest BCUT2D eigenvalue weighted by atomic mass is 16.3. The molecule has 1 amide bonds. The average molecular weight is 245 g/mol. The number of fused-ring (bicyclic) bond motifs is 1. The maximum Gasteiger partial charge on any atom is 0.230 e. The van der Waals surface area contributed by atoms with Gasteiger partial charge in [-0.2, -0.15) is 0 Å². The molecular weight excluding hydrogens is 226 g/mol. The Morgan fingerprint density at radius 2 is 2.11 bits per heavy atom. The Bertz CT molecular complexity index is 471. The maximum atomic E-state index is 12.4. The molecule has 96 valence electrons. The Morgan fingerprint density at radius 1 is 1.39 bits per heavy atom. The molecule has 1 fully saturated rings. The summed E-state index contributed by atoms with van der Waals surface area (Å²) in [6.45, 7) is 2.86. The minimum atomic E-state index is -0.435. The third-order valence-electron chi connectivity index (χ3n) is 4.14. The molecule has 3 unspecified atom stereocenters. The number of aliphatic hydroxyl groups excluding tert-OH is 1. The van der Waals surface area contributed by atoms with Crippen LogP contribution in [0.25, 0.3) is 0 Å². The lowest BCUT2D eigenvalue weighted by Gasteiger charge is -2.23. The van der Waals surface area contributed by atoms with E-state index in [1.807, 2.05) is 29.2 Å². The third kappa shape index (κ3) is 1.93. The molecule has 0 aromatic heterocycles. The van der Waals surface area contributed by atoms with Crippen LogP contribution in [0.4, 0.5) is 5.69 Å². The van der Waals surface area contributed by atoms with Crippen LogP contribution < -0.4 is 4.90 Å². The first-order chi connectivity index (χ1) is 8.68. The van der Waals surface area contributed by atoms with Crippen molar-refractivity contribution < 1.29 is 9.90 Å². The van der Waals surface area contributed by atoms with Crippen LogP contribution in [0.3, 0.4) is 0 Å². The lowest BCUT2D eigenvalue weighted by molar-refractivity contribution is -0.120. The van der Waals surface area contributed by atoms with Crippen molar-refractivity contribution in [2.24, 2.45) is 11.8 Å². The Labute approximate surface area is 107 Å². The molecule has 1 saturated carbocycles. The average Bonchev–Trinajstić information content (AvgIpc) is 3.12. The fourth-order valence-corrected chi connectivity index (χ4v) is 2.83. The van der Waals surface area contributed by atoms with Gasteiger partial charge < -0.3 is 10.0 Å². The van der Waals surface area contributed by atoms with Gasteiger partial charge in [0.2, 0.25) is 5.91 Å². The van der Waals surface area contributed by atoms with Crippen LogP contribution in [0, 0.1) is 11.8 Å². The summed E-state index contributed by atoms with van der Waals surface area (Å²) >= 11 is 0. The Balaban J connectivity index is 1.95. The summed E-state index contributed by atoms with van der Waals surface area (Å²) in [7, 11) is 0. The largest absolute Gasteiger partial charge is 0.388 e. The highest BCUT2D eigenvalue weighted by Gasteiger charge is 2.42. The van der Waals surface area contributed by atoms with Crippen molar-refractivity contribution in [1.29, 1.82) is 0 Å². The second-order valence-corrected chi connectivity index (χ2v) is 5.53. The van der Waals surface area contributed by atoms with Crippen LogP contribution in [0.2, 0.25) is 0 Å². The van der Waals surface area contributed by atoms with Gasteiger partial charge in [0.15, 0.2) is 0 Å². The highest BCUT2D eigenvalue weighted by molar-refractivity contribution is 5.97. The maximum absolute atomic E-state index is 12.4. The minimum absolute atomic E-state index is 0.202. The van der Waals surface area contributed by atoms with Crippen LogP contribution in [0.5, 0.6) is 0 Å². The van der Waals surface area contributed by atoms with Gasteiger partial charge in [0, 0.05) is 23.7 Å². The molecule has 3 rings (SSSR count). The first-order valence-electron chi connectivity index (χ1n) is 6.77. The number of anilines is 1. The normalized spacial score (nSPS) is 30.6. The van der Waals surface area contributed by atoms with Crippen molar-refractivity contribution in [3.05, 3.63) is 29.8 Å². The first kappa shape index (κ1) is 11.7. The van der Waals surface area contributed by atoms with E-state index in [0.29, 0.717) is 5.92 Å². The van der Waals surface area contributed by atoms with Crippen molar-refractivity contribution in [2.75, 3.05) is 11.4 Å². The molecule has 1 aliphatic carbocycles. The number of hydrogen-bond donors (Lipinski definition) is 1. The molecule has 3 nitrogen and oxygen atoms in total. The number of amides is 1. The van der Waals surface area contributed by atoms with Crippen molar-refractivity contribution in [3.63, 3.8) is 0 Å². The number of para-hydroxylation sites is 1. The van der Waals surface area contributed by atoms with Gasteiger partial charge >= 0.3 is 0 Å².